The predicted molar refractivity (Wildman–Crippen MR) is 217 cm³/mol. The quantitative estimate of drug-likeness (QED) is 0.177. The molecule has 11 heteroatoms. The number of aryl methyl sites for hydroxylation is 2. The van der Waals surface area contributed by atoms with E-state index in [2.05, 4.69) is 0 Å². The average molecular weight is 805 g/mol. The number of aliphatic hydroxyl groups excluding tert-OH is 1. The molecule has 6 rings (SSSR count). The van der Waals surface area contributed by atoms with Gasteiger partial charge in [-0.05, 0) is 138 Å². The minimum Gasteiger partial charge on any atom is -0.508 e. The molecule has 0 spiro atoms. The molecule has 1 unspecified atom stereocenters. The van der Waals surface area contributed by atoms with Crippen LogP contribution in [0.5, 0.6) is 23.0 Å². The monoisotopic (exact) mass is 804 g/mol. The van der Waals surface area contributed by atoms with E-state index in [0.717, 1.165) is 41.0 Å². The zero-order valence-electron chi connectivity index (χ0n) is 34.9. The van der Waals surface area contributed by atoms with Gasteiger partial charge in [0.1, 0.15) is 39.9 Å². The Hall–Kier alpha value is -5.26. The van der Waals surface area contributed by atoms with Crippen molar-refractivity contribution in [2.45, 2.75) is 112 Å². The fourth-order valence-electron chi connectivity index (χ4n) is 6.80. The molecule has 7 nitrogen and oxygen atoms in total. The van der Waals surface area contributed by atoms with E-state index in [0.29, 0.717) is 29.7 Å². The van der Waals surface area contributed by atoms with Crippen LogP contribution in [0.3, 0.4) is 0 Å². The summed E-state index contributed by atoms with van der Waals surface area (Å²) in [5.41, 5.74) is 0.542. The molecule has 2 aliphatic heterocycles. The maximum absolute atomic E-state index is 14.0. The summed E-state index contributed by atoms with van der Waals surface area (Å²) in [4.78, 5) is 26.0. The van der Waals surface area contributed by atoms with Crippen LogP contribution in [0.15, 0.2) is 84.6 Å². The summed E-state index contributed by atoms with van der Waals surface area (Å²) in [6, 6.07) is 16.8. The van der Waals surface area contributed by atoms with Crippen LogP contribution >= 0.6 is 0 Å². The number of carbonyl (C=O) groups excluding carboxylic acids is 2. The molecule has 2 heterocycles. The minimum atomic E-state index is -1.14. The van der Waals surface area contributed by atoms with Gasteiger partial charge < -0.3 is 24.1 Å². The zero-order chi connectivity index (χ0) is 43.3. The molecular weight excluding hydrogens is 753 g/mol. The maximum atomic E-state index is 14.0. The van der Waals surface area contributed by atoms with Gasteiger partial charge in [0.05, 0.1) is 11.7 Å². The van der Waals surface area contributed by atoms with Crippen molar-refractivity contribution in [3.8, 4) is 23.0 Å². The topological polar surface area (TPSA) is 91.3 Å². The second-order valence-electron chi connectivity index (χ2n) is 15.1. The smallest absolute Gasteiger partial charge is 0.201 e. The third kappa shape index (κ3) is 9.88. The summed E-state index contributed by atoms with van der Waals surface area (Å²) in [5, 5.41) is 10.8. The molecular formula is C47H52F4O7. The van der Waals surface area contributed by atoms with Crippen LogP contribution in [-0.2, 0) is 31.9 Å². The number of ether oxygens (including phenoxy) is 4. The van der Waals surface area contributed by atoms with E-state index >= 15 is 0 Å². The van der Waals surface area contributed by atoms with Gasteiger partial charge in [0.2, 0.25) is 5.82 Å². The van der Waals surface area contributed by atoms with Gasteiger partial charge in [-0.25, -0.2) is 13.2 Å². The molecule has 2 aliphatic rings. The highest BCUT2D eigenvalue weighted by atomic mass is 19.2. The molecule has 0 aliphatic carbocycles. The first kappa shape index (κ1) is 45.4. The Bertz CT molecular complexity index is 2240. The van der Waals surface area contributed by atoms with Crippen LogP contribution in [0.4, 0.5) is 17.6 Å². The Morgan fingerprint density at radius 2 is 1.24 bits per heavy atom. The normalized spacial score (nSPS) is 18.0. The van der Waals surface area contributed by atoms with E-state index in [-0.39, 0.29) is 46.3 Å². The molecule has 0 aromatic heterocycles. The van der Waals surface area contributed by atoms with E-state index < -0.39 is 40.1 Å². The summed E-state index contributed by atoms with van der Waals surface area (Å²) in [6.45, 7) is 19.9. The van der Waals surface area contributed by atoms with Crippen molar-refractivity contribution in [1.29, 1.82) is 0 Å². The van der Waals surface area contributed by atoms with E-state index in [9.17, 15) is 32.3 Å². The fraction of sp³-hybridized carbons (Fsp3) is 0.362. The molecule has 0 bridgehead atoms. The van der Waals surface area contributed by atoms with Gasteiger partial charge in [0.15, 0.2) is 34.7 Å². The second-order valence-corrected chi connectivity index (χ2v) is 15.1. The molecule has 1 N–H and O–H groups in total. The highest BCUT2D eigenvalue weighted by Crippen LogP contribution is 2.42. The van der Waals surface area contributed by atoms with Crippen molar-refractivity contribution in [1.82, 2.24) is 0 Å². The van der Waals surface area contributed by atoms with Crippen LogP contribution in [0.1, 0.15) is 98.4 Å². The van der Waals surface area contributed by atoms with Crippen molar-refractivity contribution in [3.63, 3.8) is 0 Å². The molecule has 0 amide bonds. The Labute approximate surface area is 338 Å². The third-order valence-corrected chi connectivity index (χ3v) is 9.51. The van der Waals surface area contributed by atoms with Crippen LogP contribution in [0.2, 0.25) is 0 Å². The van der Waals surface area contributed by atoms with Gasteiger partial charge >= 0.3 is 0 Å². The number of aliphatic hydroxyl groups is 1. The number of carbonyl (C=O) groups is 2. The van der Waals surface area contributed by atoms with Crippen LogP contribution in [0.25, 0.3) is 11.1 Å². The minimum absolute atomic E-state index is 0.121. The van der Waals surface area contributed by atoms with Crippen molar-refractivity contribution < 1.29 is 51.2 Å². The first-order valence-electron chi connectivity index (χ1n) is 19.3. The lowest BCUT2D eigenvalue weighted by molar-refractivity contribution is -0.158. The molecule has 4 aromatic carbocycles. The number of halogens is 4. The lowest BCUT2D eigenvalue weighted by Gasteiger charge is -2.40. The molecule has 0 saturated heterocycles. The number of hydrogen-bond acceptors (Lipinski definition) is 7. The van der Waals surface area contributed by atoms with Crippen LogP contribution < -0.4 is 9.47 Å². The van der Waals surface area contributed by atoms with Gasteiger partial charge in [-0.2, -0.15) is 4.39 Å². The third-order valence-electron chi connectivity index (χ3n) is 9.51. The fourth-order valence-corrected chi connectivity index (χ4v) is 6.80. The highest BCUT2D eigenvalue weighted by molar-refractivity contribution is 6.26. The first-order valence-corrected chi connectivity index (χ1v) is 19.3. The summed E-state index contributed by atoms with van der Waals surface area (Å²) in [6.07, 6.45) is 2.87. The van der Waals surface area contributed by atoms with Gasteiger partial charge in [0.25, 0.3) is 0 Å². The zero-order valence-corrected chi connectivity index (χ0v) is 34.9. The maximum Gasteiger partial charge on any atom is 0.201 e. The van der Waals surface area contributed by atoms with E-state index in [4.69, 9.17) is 18.9 Å². The number of benzene rings is 4. The average Bonchev–Trinajstić information content (AvgIpc) is 3.16. The van der Waals surface area contributed by atoms with Crippen molar-refractivity contribution >= 4 is 22.7 Å². The predicted octanol–water partition coefficient (Wildman–Crippen LogP) is 12.2. The molecule has 58 heavy (non-hydrogen) atoms. The van der Waals surface area contributed by atoms with E-state index in [1.54, 1.807) is 78.0 Å². The van der Waals surface area contributed by atoms with Crippen molar-refractivity contribution in [3.05, 3.63) is 130 Å². The summed E-state index contributed by atoms with van der Waals surface area (Å²) >= 11 is 0. The number of Topliss-reactive ketones (excluding diaryl/α,β-unsaturated/α-hetero) is 2. The number of hydrogen-bond donors (Lipinski definition) is 1. The lowest BCUT2D eigenvalue weighted by atomic mass is 9.81. The van der Waals surface area contributed by atoms with Gasteiger partial charge in [-0.15, -0.1) is 0 Å². The van der Waals surface area contributed by atoms with E-state index in [1.165, 1.54) is 12.1 Å². The van der Waals surface area contributed by atoms with Gasteiger partial charge in [-0.1, -0.05) is 45.9 Å². The molecule has 4 aromatic rings. The highest BCUT2D eigenvalue weighted by Gasteiger charge is 2.47. The molecule has 0 radical (unpaired) electrons. The van der Waals surface area contributed by atoms with Crippen molar-refractivity contribution in [2.75, 3.05) is 0 Å². The Morgan fingerprint density at radius 1 is 0.672 bits per heavy atom. The van der Waals surface area contributed by atoms with E-state index in [1.807, 2.05) is 40.7 Å². The van der Waals surface area contributed by atoms with Gasteiger partial charge in [0, 0.05) is 11.6 Å². The van der Waals surface area contributed by atoms with Crippen LogP contribution in [0, 0.1) is 23.3 Å². The SMILES string of the molecule is CC.CCc1ccc(Oc2cc(F)ccc2F)cc1C1=CC(C)OC(C)(C)C1=O.CCc1ccc(Oc2cccc(F)c2F)cc1C1=C(O)C(C)(C)OC(C)(C)C1=O. The summed E-state index contributed by atoms with van der Waals surface area (Å²) < 4.78 is 77.4. The largest absolute Gasteiger partial charge is 0.508 e. The Morgan fingerprint density at radius 3 is 1.84 bits per heavy atom. The lowest BCUT2D eigenvalue weighted by Crippen LogP contribution is -2.49. The number of rotatable bonds is 8. The summed E-state index contributed by atoms with van der Waals surface area (Å²) in [7, 11) is 0. The molecule has 310 valence electrons. The van der Waals surface area contributed by atoms with Crippen LogP contribution in [-0.4, -0.2) is 39.6 Å². The Kier molecular flexibility index (Phi) is 14.2. The molecule has 0 fully saturated rings. The standard InChI is InChI=1S/C23H24F2O4.C22H22F2O3.C2H6/c1-6-13-10-11-14(28-17-9-7-8-16(24)19(17)25)12-15(13)18-20(26)22(2,3)29-23(4,5)21(18)27;1-5-14-6-8-16(26-20-11-15(23)7-9-19(20)24)12-17(14)18-10-13(2)27-22(3,4)21(18)25;1-2/h7-12,26H,6H2,1-5H3;6-13H,5H2,1-4H3;1-2H3. The summed E-state index contributed by atoms with van der Waals surface area (Å²) in [5.74, 6) is -3.94. The Balaban J connectivity index is 0.000000247. The second kappa shape index (κ2) is 18.1. The molecule has 1 atom stereocenters. The van der Waals surface area contributed by atoms with Gasteiger partial charge in [-0.3, -0.25) is 9.59 Å². The first-order chi connectivity index (χ1) is 27.2. The molecule has 0 saturated carbocycles. The number of ketones is 2. The van der Waals surface area contributed by atoms with Crippen molar-refractivity contribution in [2.24, 2.45) is 0 Å².